The minimum Gasteiger partial charge on any atom is -0.480 e. The summed E-state index contributed by atoms with van der Waals surface area (Å²) in [5, 5.41) is 26.0. The first-order chi connectivity index (χ1) is 18.0. The van der Waals surface area contributed by atoms with Gasteiger partial charge in [0.2, 0.25) is 17.6 Å². The molecule has 0 fully saturated rings. The van der Waals surface area contributed by atoms with Crippen LogP contribution < -0.4 is 21.5 Å². The van der Waals surface area contributed by atoms with Crippen LogP contribution in [-0.4, -0.2) is 58.0 Å². The molecular weight excluding hydrogens is 533 g/mol. The van der Waals surface area contributed by atoms with Crippen LogP contribution >= 0.6 is 0 Å². The van der Waals surface area contributed by atoms with Gasteiger partial charge in [0.15, 0.2) is 0 Å². The maximum absolute atomic E-state index is 12.3. The minimum atomic E-state index is -5.08. The van der Waals surface area contributed by atoms with Gasteiger partial charge in [-0.05, 0) is 42.8 Å². The number of nitrogen functional groups attached to an aromatic ring is 1. The molecule has 39 heavy (non-hydrogen) atoms. The van der Waals surface area contributed by atoms with E-state index in [9.17, 15) is 37.5 Å². The SMILES string of the molecule is C[C@@H](Cc1ccc(C(=O)Oc2ccc(C(=N)N)cc2)o1)C(=O)N[C@@H](CCC(N)=O)C(=O)O.O=C(O)C(F)(F)F. The van der Waals surface area contributed by atoms with E-state index in [4.69, 9.17) is 35.9 Å². The van der Waals surface area contributed by atoms with Crippen LogP contribution in [0.4, 0.5) is 13.2 Å². The van der Waals surface area contributed by atoms with Gasteiger partial charge < -0.3 is 36.2 Å². The van der Waals surface area contributed by atoms with E-state index in [1.54, 1.807) is 6.92 Å². The molecule has 0 aliphatic heterocycles. The summed E-state index contributed by atoms with van der Waals surface area (Å²) in [5.41, 5.74) is 10.9. The molecule has 8 N–H and O–H groups in total. The normalized spacial score (nSPS) is 12.2. The topological polar surface area (TPSA) is 236 Å². The molecule has 0 radical (unpaired) electrons. The number of hydrogen-bond acceptors (Lipinski definition) is 8. The third-order valence-corrected chi connectivity index (χ3v) is 4.73. The summed E-state index contributed by atoms with van der Waals surface area (Å²) in [6, 6.07) is 7.72. The Bertz CT molecular complexity index is 1210. The zero-order chi connectivity index (χ0) is 29.9. The molecule has 212 valence electrons. The zero-order valence-electron chi connectivity index (χ0n) is 20.3. The van der Waals surface area contributed by atoms with E-state index in [2.05, 4.69) is 5.32 Å². The molecule has 1 aromatic carbocycles. The number of hydrogen-bond donors (Lipinski definition) is 6. The molecule has 13 nitrogen and oxygen atoms in total. The van der Waals surface area contributed by atoms with Crippen molar-refractivity contribution in [2.24, 2.45) is 17.4 Å². The highest BCUT2D eigenvalue weighted by Gasteiger charge is 2.38. The van der Waals surface area contributed by atoms with Gasteiger partial charge in [-0.3, -0.25) is 15.0 Å². The molecule has 0 spiro atoms. The zero-order valence-corrected chi connectivity index (χ0v) is 20.3. The second kappa shape index (κ2) is 14.2. The molecule has 2 amide bonds. The van der Waals surface area contributed by atoms with Gasteiger partial charge in [-0.25, -0.2) is 14.4 Å². The van der Waals surface area contributed by atoms with Crippen LogP contribution in [0.1, 0.15) is 41.6 Å². The summed E-state index contributed by atoms with van der Waals surface area (Å²) in [6.07, 6.45) is -5.27. The molecule has 1 aromatic heterocycles. The van der Waals surface area contributed by atoms with Gasteiger partial charge >= 0.3 is 24.1 Å². The number of carboxylic acid groups (broad SMARTS) is 2. The van der Waals surface area contributed by atoms with Gasteiger partial charge in [-0.2, -0.15) is 13.2 Å². The summed E-state index contributed by atoms with van der Waals surface area (Å²) in [4.78, 5) is 55.6. The Balaban J connectivity index is 0.000000956. The number of nitrogens with two attached hydrogens (primary N) is 2. The van der Waals surface area contributed by atoms with E-state index in [0.29, 0.717) is 11.3 Å². The smallest absolute Gasteiger partial charge is 0.480 e. The van der Waals surface area contributed by atoms with Crippen molar-refractivity contribution in [3.63, 3.8) is 0 Å². The van der Waals surface area contributed by atoms with Crippen LogP contribution in [0.3, 0.4) is 0 Å². The van der Waals surface area contributed by atoms with Crippen molar-refractivity contribution in [1.29, 1.82) is 5.41 Å². The van der Waals surface area contributed by atoms with Crippen LogP contribution in [-0.2, 0) is 25.6 Å². The minimum absolute atomic E-state index is 0.0758. The molecule has 0 aliphatic rings. The van der Waals surface area contributed by atoms with Gasteiger partial charge in [0.05, 0.1) is 0 Å². The number of carbonyl (C=O) groups is 5. The summed E-state index contributed by atoms with van der Waals surface area (Å²) >= 11 is 0. The molecule has 2 aromatic rings. The van der Waals surface area contributed by atoms with Crippen molar-refractivity contribution in [3.05, 3.63) is 53.5 Å². The number of ether oxygens (including phenoxy) is 1. The average Bonchev–Trinajstić information content (AvgIpc) is 3.30. The van der Waals surface area contributed by atoms with Crippen molar-refractivity contribution in [2.75, 3.05) is 0 Å². The van der Waals surface area contributed by atoms with E-state index in [-0.39, 0.29) is 36.6 Å². The number of amides is 2. The van der Waals surface area contributed by atoms with Crippen LogP contribution in [0.15, 0.2) is 40.8 Å². The van der Waals surface area contributed by atoms with Gasteiger partial charge in [0.1, 0.15) is 23.4 Å². The third kappa shape index (κ3) is 11.4. The second-order valence-electron chi connectivity index (χ2n) is 7.91. The lowest BCUT2D eigenvalue weighted by Gasteiger charge is -2.16. The van der Waals surface area contributed by atoms with Gasteiger partial charge in [-0.15, -0.1) is 0 Å². The first-order valence-corrected chi connectivity index (χ1v) is 10.9. The third-order valence-electron chi connectivity index (χ3n) is 4.73. The molecule has 2 atom stereocenters. The predicted octanol–water partition coefficient (Wildman–Crippen LogP) is 1.43. The lowest BCUT2D eigenvalue weighted by atomic mass is 10.0. The number of furan rings is 1. The van der Waals surface area contributed by atoms with Gasteiger partial charge in [-0.1, -0.05) is 6.92 Å². The highest BCUT2D eigenvalue weighted by Crippen LogP contribution is 2.18. The summed E-state index contributed by atoms with van der Waals surface area (Å²) in [5.74, 6) is -6.28. The Morgan fingerprint density at radius 2 is 1.62 bits per heavy atom. The number of carbonyl (C=O) groups excluding carboxylic acids is 3. The average molecular weight is 558 g/mol. The number of amidine groups is 1. The number of alkyl halides is 3. The molecule has 0 saturated carbocycles. The van der Waals surface area contributed by atoms with E-state index in [0.717, 1.165) is 0 Å². The number of nitrogens with one attached hydrogen (secondary N) is 2. The molecule has 2 rings (SSSR count). The Morgan fingerprint density at radius 1 is 1.05 bits per heavy atom. The van der Waals surface area contributed by atoms with Crippen LogP contribution in [0.5, 0.6) is 5.75 Å². The van der Waals surface area contributed by atoms with Crippen LogP contribution in [0, 0.1) is 11.3 Å². The predicted molar refractivity (Wildman–Crippen MR) is 126 cm³/mol. The summed E-state index contributed by atoms with van der Waals surface area (Å²) in [7, 11) is 0. The second-order valence-corrected chi connectivity index (χ2v) is 7.91. The van der Waals surface area contributed by atoms with Gasteiger partial charge in [0.25, 0.3) is 0 Å². The van der Waals surface area contributed by atoms with E-state index < -0.39 is 47.9 Å². The van der Waals surface area contributed by atoms with E-state index >= 15 is 0 Å². The van der Waals surface area contributed by atoms with Crippen LogP contribution in [0.25, 0.3) is 0 Å². The van der Waals surface area contributed by atoms with Crippen LogP contribution in [0.2, 0.25) is 0 Å². The van der Waals surface area contributed by atoms with Crippen molar-refractivity contribution >= 4 is 35.6 Å². The standard InChI is InChI=1S/C21H24N4O7.C2HF3O2/c1-11(19(27)25-15(20(28)29)7-9-17(22)26)10-14-6-8-16(31-14)21(30)32-13-4-2-12(3-5-13)18(23)24;3-2(4,5)1(6)7/h2-6,8,11,15H,7,9-10H2,1H3,(H2,22,26)(H3,23,24)(H,25,27)(H,28,29);(H,6,7)/t11-,15-;/m0./s1. The number of carboxylic acids is 2. The molecule has 0 saturated heterocycles. The molecule has 1 heterocycles. The maximum atomic E-state index is 12.3. The lowest BCUT2D eigenvalue weighted by molar-refractivity contribution is -0.192. The Morgan fingerprint density at radius 3 is 2.08 bits per heavy atom. The Hall–Kier alpha value is -4.89. The number of aliphatic carboxylic acids is 2. The fraction of sp³-hybridized carbons (Fsp3) is 0.304. The molecule has 0 aliphatic carbocycles. The largest absolute Gasteiger partial charge is 0.490 e. The fourth-order valence-corrected chi connectivity index (χ4v) is 2.71. The lowest BCUT2D eigenvalue weighted by Crippen LogP contribution is -2.44. The summed E-state index contributed by atoms with van der Waals surface area (Å²) in [6.45, 7) is 1.57. The number of primary amides is 1. The number of esters is 1. The van der Waals surface area contributed by atoms with Gasteiger partial charge in [0, 0.05) is 24.3 Å². The molecule has 0 unspecified atom stereocenters. The van der Waals surface area contributed by atoms with Crippen molar-refractivity contribution < 1.29 is 56.5 Å². The number of benzene rings is 1. The first-order valence-electron chi connectivity index (χ1n) is 10.9. The first kappa shape index (κ1) is 32.1. The highest BCUT2D eigenvalue weighted by atomic mass is 19.4. The Kier molecular flexibility index (Phi) is 11.7. The molecule has 16 heteroatoms. The van der Waals surface area contributed by atoms with Crippen molar-refractivity contribution in [3.8, 4) is 5.75 Å². The quantitative estimate of drug-likeness (QED) is 0.100. The summed E-state index contributed by atoms with van der Waals surface area (Å²) < 4.78 is 42.4. The van der Waals surface area contributed by atoms with Crippen molar-refractivity contribution in [2.45, 2.75) is 38.4 Å². The highest BCUT2D eigenvalue weighted by molar-refractivity contribution is 5.95. The molecule has 0 bridgehead atoms. The molecular formula is C23H25F3N4O9. The van der Waals surface area contributed by atoms with Crippen molar-refractivity contribution in [1.82, 2.24) is 5.32 Å². The van der Waals surface area contributed by atoms with E-state index in [1.165, 1.54) is 36.4 Å². The Labute approximate surface area is 218 Å². The fourth-order valence-electron chi connectivity index (χ4n) is 2.71. The monoisotopic (exact) mass is 558 g/mol. The van der Waals surface area contributed by atoms with E-state index in [1.807, 2.05) is 0 Å². The number of rotatable bonds is 11. The number of halogens is 3. The maximum Gasteiger partial charge on any atom is 0.490 e.